The van der Waals surface area contributed by atoms with Crippen molar-refractivity contribution in [1.82, 2.24) is 0 Å². The minimum Gasteiger partial charge on any atom is -0.381 e. The van der Waals surface area contributed by atoms with Crippen LogP contribution in [0.2, 0.25) is 0 Å². The number of hydrogen-bond donors (Lipinski definition) is 1. The van der Waals surface area contributed by atoms with Crippen molar-refractivity contribution in [3.63, 3.8) is 0 Å². The molecular weight excluding hydrogens is 266 g/mol. The zero-order chi connectivity index (χ0) is 11.4. The number of anilines is 1. The summed E-state index contributed by atoms with van der Waals surface area (Å²) < 4.78 is 6.61. The molecule has 1 N–H and O–H groups in total. The van der Waals surface area contributed by atoms with Crippen LogP contribution < -0.4 is 5.32 Å². The molecule has 0 spiro atoms. The van der Waals surface area contributed by atoms with Crippen LogP contribution in [0, 0.1) is 6.92 Å². The van der Waals surface area contributed by atoms with Crippen LogP contribution in [0.25, 0.3) is 0 Å². The lowest BCUT2D eigenvalue weighted by molar-refractivity contribution is 0.144. The maximum absolute atomic E-state index is 5.46. The molecule has 1 aliphatic rings. The third-order valence-corrected chi connectivity index (χ3v) is 3.59. The molecule has 2 rings (SSSR count). The molecule has 0 bridgehead atoms. The number of hydrogen-bond acceptors (Lipinski definition) is 2. The van der Waals surface area contributed by atoms with Gasteiger partial charge in [-0.25, -0.2) is 0 Å². The molecule has 0 aromatic heterocycles. The third-order valence-electron chi connectivity index (χ3n) is 2.94. The lowest BCUT2D eigenvalue weighted by Crippen LogP contribution is -2.19. The van der Waals surface area contributed by atoms with Gasteiger partial charge in [0.1, 0.15) is 0 Å². The minimum atomic E-state index is 0.543. The number of rotatable bonds is 2. The average Bonchev–Trinajstić information content (AvgIpc) is 2.51. The fraction of sp³-hybridized carbons (Fsp3) is 0.538. The van der Waals surface area contributed by atoms with Crippen molar-refractivity contribution in [2.75, 3.05) is 18.5 Å². The number of halogens is 1. The number of benzene rings is 1. The first-order chi connectivity index (χ1) is 7.75. The summed E-state index contributed by atoms with van der Waals surface area (Å²) in [5, 5.41) is 3.59. The summed E-state index contributed by atoms with van der Waals surface area (Å²) in [4.78, 5) is 0. The van der Waals surface area contributed by atoms with Gasteiger partial charge < -0.3 is 10.1 Å². The second-order valence-electron chi connectivity index (χ2n) is 4.37. The molecule has 1 fully saturated rings. The van der Waals surface area contributed by atoms with Crippen LogP contribution in [0.5, 0.6) is 0 Å². The Bertz CT molecular complexity index is 346. The predicted molar refractivity (Wildman–Crippen MR) is 71.0 cm³/mol. The molecule has 88 valence electrons. The van der Waals surface area contributed by atoms with Gasteiger partial charge in [-0.3, -0.25) is 0 Å². The summed E-state index contributed by atoms with van der Waals surface area (Å²) in [6.07, 6.45) is 3.45. The molecule has 0 amide bonds. The normalized spacial score (nSPS) is 21.5. The van der Waals surface area contributed by atoms with Gasteiger partial charge in [0, 0.05) is 29.4 Å². The highest BCUT2D eigenvalue weighted by atomic mass is 79.9. The molecule has 1 unspecified atom stereocenters. The Morgan fingerprint density at radius 2 is 2.19 bits per heavy atom. The molecule has 0 saturated carbocycles. The second kappa shape index (κ2) is 5.69. The Hall–Kier alpha value is -0.540. The van der Waals surface area contributed by atoms with Gasteiger partial charge in [0.15, 0.2) is 0 Å². The van der Waals surface area contributed by atoms with Gasteiger partial charge in [-0.15, -0.1) is 0 Å². The van der Waals surface area contributed by atoms with E-state index >= 15 is 0 Å². The van der Waals surface area contributed by atoms with Crippen LogP contribution in [0.3, 0.4) is 0 Å². The van der Waals surface area contributed by atoms with Gasteiger partial charge in [-0.1, -0.05) is 6.07 Å². The molecule has 16 heavy (non-hydrogen) atoms. The van der Waals surface area contributed by atoms with Gasteiger partial charge in [-0.2, -0.15) is 0 Å². The molecular formula is C13H18BrNO. The highest BCUT2D eigenvalue weighted by molar-refractivity contribution is 9.10. The van der Waals surface area contributed by atoms with Crippen molar-refractivity contribution in [2.24, 2.45) is 0 Å². The van der Waals surface area contributed by atoms with Crippen LogP contribution in [0.1, 0.15) is 24.8 Å². The molecule has 1 saturated heterocycles. The average molecular weight is 284 g/mol. The van der Waals surface area contributed by atoms with Gasteiger partial charge in [0.25, 0.3) is 0 Å². The quantitative estimate of drug-likeness (QED) is 0.893. The number of aryl methyl sites for hydroxylation is 1. The Balaban J connectivity index is 2.01. The maximum atomic E-state index is 5.46. The first-order valence-corrected chi connectivity index (χ1v) is 6.65. The first kappa shape index (κ1) is 11.9. The van der Waals surface area contributed by atoms with E-state index in [1.807, 2.05) is 0 Å². The van der Waals surface area contributed by atoms with E-state index in [9.17, 15) is 0 Å². The number of nitrogens with one attached hydrogen (secondary N) is 1. The largest absolute Gasteiger partial charge is 0.381 e. The van der Waals surface area contributed by atoms with Gasteiger partial charge >= 0.3 is 0 Å². The van der Waals surface area contributed by atoms with Crippen LogP contribution in [-0.2, 0) is 4.74 Å². The molecule has 2 nitrogen and oxygen atoms in total. The van der Waals surface area contributed by atoms with Crippen molar-refractivity contribution in [3.05, 3.63) is 28.2 Å². The van der Waals surface area contributed by atoms with E-state index in [0.717, 1.165) is 30.5 Å². The molecule has 3 heteroatoms. The summed E-state index contributed by atoms with van der Waals surface area (Å²) in [7, 11) is 0. The Morgan fingerprint density at radius 3 is 3.00 bits per heavy atom. The van der Waals surface area contributed by atoms with Crippen molar-refractivity contribution in [3.8, 4) is 0 Å². The molecule has 1 aromatic carbocycles. The van der Waals surface area contributed by atoms with Crippen LogP contribution in [-0.4, -0.2) is 19.3 Å². The highest BCUT2D eigenvalue weighted by Crippen LogP contribution is 2.25. The molecule has 0 aliphatic carbocycles. The molecule has 1 heterocycles. The van der Waals surface area contributed by atoms with Crippen molar-refractivity contribution in [2.45, 2.75) is 32.2 Å². The first-order valence-electron chi connectivity index (χ1n) is 5.86. The lowest BCUT2D eigenvalue weighted by atomic mass is 10.1. The van der Waals surface area contributed by atoms with E-state index in [1.165, 1.54) is 17.7 Å². The molecule has 1 aromatic rings. The van der Waals surface area contributed by atoms with E-state index in [-0.39, 0.29) is 0 Å². The maximum Gasteiger partial charge on any atom is 0.0486 e. The fourth-order valence-electron chi connectivity index (χ4n) is 2.01. The lowest BCUT2D eigenvalue weighted by Gasteiger charge is -2.18. The van der Waals surface area contributed by atoms with Crippen LogP contribution >= 0.6 is 15.9 Å². The van der Waals surface area contributed by atoms with Gasteiger partial charge in [-0.05, 0) is 59.8 Å². The standard InChI is InChI=1S/C13H18BrNO/c1-10-4-5-13(12(14)9-10)15-11-3-2-7-16-8-6-11/h4-5,9,11,15H,2-3,6-8H2,1H3. The highest BCUT2D eigenvalue weighted by Gasteiger charge is 2.13. The Morgan fingerprint density at radius 1 is 1.31 bits per heavy atom. The van der Waals surface area contributed by atoms with Crippen LogP contribution in [0.4, 0.5) is 5.69 Å². The topological polar surface area (TPSA) is 21.3 Å². The fourth-order valence-corrected chi connectivity index (χ4v) is 2.61. The summed E-state index contributed by atoms with van der Waals surface area (Å²) in [5.41, 5.74) is 2.47. The zero-order valence-corrected chi connectivity index (χ0v) is 11.2. The van der Waals surface area contributed by atoms with E-state index in [1.54, 1.807) is 0 Å². The summed E-state index contributed by atoms with van der Waals surface area (Å²) in [6.45, 7) is 3.89. The van der Waals surface area contributed by atoms with Gasteiger partial charge in [0.2, 0.25) is 0 Å². The van der Waals surface area contributed by atoms with E-state index in [4.69, 9.17) is 4.74 Å². The zero-order valence-electron chi connectivity index (χ0n) is 9.63. The molecule has 1 atom stereocenters. The SMILES string of the molecule is Cc1ccc(NC2CCCOCC2)c(Br)c1. The summed E-state index contributed by atoms with van der Waals surface area (Å²) in [6, 6.07) is 6.97. The third kappa shape index (κ3) is 3.22. The van der Waals surface area contributed by atoms with Gasteiger partial charge in [0.05, 0.1) is 0 Å². The molecule has 0 radical (unpaired) electrons. The van der Waals surface area contributed by atoms with E-state index in [0.29, 0.717) is 6.04 Å². The smallest absolute Gasteiger partial charge is 0.0486 e. The monoisotopic (exact) mass is 283 g/mol. The Labute approximate surface area is 106 Å². The second-order valence-corrected chi connectivity index (χ2v) is 5.22. The Kier molecular flexibility index (Phi) is 4.24. The van der Waals surface area contributed by atoms with Crippen LogP contribution in [0.15, 0.2) is 22.7 Å². The molecule has 1 aliphatic heterocycles. The van der Waals surface area contributed by atoms with Crippen molar-refractivity contribution in [1.29, 1.82) is 0 Å². The summed E-state index contributed by atoms with van der Waals surface area (Å²) >= 11 is 3.60. The predicted octanol–water partition coefficient (Wildman–Crippen LogP) is 3.74. The van der Waals surface area contributed by atoms with Crippen molar-refractivity contribution >= 4 is 21.6 Å². The summed E-state index contributed by atoms with van der Waals surface area (Å²) in [5.74, 6) is 0. The van der Waals surface area contributed by atoms with E-state index < -0.39 is 0 Å². The van der Waals surface area contributed by atoms with E-state index in [2.05, 4.69) is 46.4 Å². The minimum absolute atomic E-state index is 0.543. The van der Waals surface area contributed by atoms with Crippen molar-refractivity contribution < 1.29 is 4.74 Å². The number of ether oxygens (including phenoxy) is 1.